The zero-order valence-electron chi connectivity index (χ0n) is 15.8. The summed E-state index contributed by atoms with van der Waals surface area (Å²) in [6, 6.07) is 5.43. The summed E-state index contributed by atoms with van der Waals surface area (Å²) in [5.74, 6) is -1.62. The van der Waals surface area contributed by atoms with Crippen molar-refractivity contribution in [2.75, 3.05) is 38.8 Å². The molecule has 0 saturated carbocycles. The van der Waals surface area contributed by atoms with Gasteiger partial charge in [-0.25, -0.2) is 13.2 Å². The Labute approximate surface area is 169 Å². The van der Waals surface area contributed by atoms with Crippen LogP contribution in [-0.4, -0.2) is 80.2 Å². The first-order valence-corrected chi connectivity index (χ1v) is 10.8. The number of methoxy groups -OCH3 is 1. The molecule has 1 heterocycles. The first-order valence-electron chi connectivity index (χ1n) is 8.41. The number of nitrogens with zero attached hydrogens (tertiary/aromatic N) is 2. The monoisotopic (exact) mass is 429 g/mol. The van der Waals surface area contributed by atoms with Crippen molar-refractivity contribution < 1.29 is 27.5 Å². The molecule has 1 aromatic carbocycles. The van der Waals surface area contributed by atoms with Gasteiger partial charge in [-0.2, -0.15) is 16.9 Å². The van der Waals surface area contributed by atoms with Gasteiger partial charge >= 0.3 is 5.97 Å². The summed E-state index contributed by atoms with van der Waals surface area (Å²) in [4.78, 5) is 38.0. The van der Waals surface area contributed by atoms with Crippen LogP contribution in [0.4, 0.5) is 5.69 Å². The van der Waals surface area contributed by atoms with E-state index in [1.165, 1.54) is 20.2 Å². The molecular formula is C17H23N3O6S2. The molecule has 0 unspecified atom stereocenters. The summed E-state index contributed by atoms with van der Waals surface area (Å²) >= 11 is 4.28. The Hall–Kier alpha value is -2.11. The van der Waals surface area contributed by atoms with Gasteiger partial charge in [0.1, 0.15) is 6.04 Å². The number of sulfonamides is 1. The average molecular weight is 430 g/mol. The Bertz CT molecular complexity index is 873. The van der Waals surface area contributed by atoms with Gasteiger partial charge in [-0.05, 0) is 18.6 Å². The van der Waals surface area contributed by atoms with Crippen LogP contribution in [0.5, 0.6) is 0 Å². The Kier molecular flexibility index (Phi) is 7.07. The first-order chi connectivity index (χ1) is 13.0. The number of carbonyl (C=O) groups excluding carboxylic acids is 3. The van der Waals surface area contributed by atoms with Gasteiger partial charge in [-0.15, -0.1) is 0 Å². The number of nitrogens with one attached hydrogen (secondary N) is 1. The van der Waals surface area contributed by atoms with Crippen LogP contribution in [-0.2, 0) is 24.3 Å². The molecule has 2 atom stereocenters. The average Bonchev–Trinajstić information content (AvgIpc) is 3.03. The van der Waals surface area contributed by atoms with E-state index in [1.807, 2.05) is 0 Å². The third-order valence-corrected chi connectivity index (χ3v) is 5.94. The van der Waals surface area contributed by atoms with Gasteiger partial charge in [0.05, 0.1) is 31.2 Å². The maximum Gasteiger partial charge on any atom is 0.339 e. The van der Waals surface area contributed by atoms with E-state index in [0.717, 1.165) is 15.5 Å². The van der Waals surface area contributed by atoms with Crippen molar-refractivity contribution in [3.8, 4) is 0 Å². The number of hydrogen-bond acceptors (Lipinski definition) is 7. The second-order valence-electron chi connectivity index (χ2n) is 6.52. The lowest BCUT2D eigenvalue weighted by atomic mass is 10.1. The van der Waals surface area contributed by atoms with Gasteiger partial charge in [0.15, 0.2) is 0 Å². The maximum absolute atomic E-state index is 12.7. The quantitative estimate of drug-likeness (QED) is 0.494. The second kappa shape index (κ2) is 8.93. The van der Waals surface area contributed by atoms with Gasteiger partial charge in [-0.3, -0.25) is 9.59 Å². The first kappa shape index (κ1) is 22.2. The number of carbonyl (C=O) groups is 3. The summed E-state index contributed by atoms with van der Waals surface area (Å²) in [7, 11) is -0.923. The topological polar surface area (TPSA) is 113 Å². The lowest BCUT2D eigenvalue weighted by Gasteiger charge is -2.26. The fourth-order valence-corrected chi connectivity index (χ4v) is 4.57. The molecule has 9 nitrogen and oxygen atoms in total. The van der Waals surface area contributed by atoms with Crippen LogP contribution in [0.2, 0.25) is 0 Å². The summed E-state index contributed by atoms with van der Waals surface area (Å²) in [6.07, 6.45) is 1.31. The van der Waals surface area contributed by atoms with Gasteiger partial charge in [0.25, 0.3) is 0 Å². The molecule has 1 fully saturated rings. The number of anilines is 1. The summed E-state index contributed by atoms with van der Waals surface area (Å²) in [6.45, 7) is -0.162. The smallest absolute Gasteiger partial charge is 0.339 e. The molecule has 11 heteroatoms. The van der Waals surface area contributed by atoms with E-state index in [-0.39, 0.29) is 36.0 Å². The molecule has 1 aliphatic heterocycles. The van der Waals surface area contributed by atoms with Crippen molar-refractivity contribution >= 4 is 46.1 Å². The minimum Gasteiger partial charge on any atom is -0.465 e. The molecule has 0 spiro atoms. The fourth-order valence-electron chi connectivity index (χ4n) is 2.99. The fraction of sp³-hybridized carbons (Fsp3) is 0.471. The Morgan fingerprint density at radius 1 is 1.32 bits per heavy atom. The van der Waals surface area contributed by atoms with E-state index >= 15 is 0 Å². The molecule has 154 valence electrons. The van der Waals surface area contributed by atoms with Crippen LogP contribution >= 0.6 is 12.6 Å². The summed E-state index contributed by atoms with van der Waals surface area (Å²) in [5.41, 5.74) is 0.443. The van der Waals surface area contributed by atoms with E-state index in [2.05, 4.69) is 22.7 Å². The number of likely N-dealkylation sites (N-methyl/N-ethyl adjacent to an activating group) is 1. The minimum atomic E-state index is -3.57. The van der Waals surface area contributed by atoms with E-state index < -0.39 is 33.8 Å². The molecule has 2 rings (SSSR count). The lowest BCUT2D eigenvalue weighted by Crippen LogP contribution is -2.48. The summed E-state index contributed by atoms with van der Waals surface area (Å²) < 4.78 is 29.6. The predicted molar refractivity (Wildman–Crippen MR) is 107 cm³/mol. The number of benzene rings is 1. The highest BCUT2D eigenvalue weighted by Gasteiger charge is 2.41. The summed E-state index contributed by atoms with van der Waals surface area (Å²) in [5, 5.41) is 2.32. The largest absolute Gasteiger partial charge is 0.465 e. The molecular weight excluding hydrogens is 406 g/mol. The number of amides is 2. The Balaban J connectivity index is 2.07. The van der Waals surface area contributed by atoms with Crippen LogP contribution < -0.4 is 5.32 Å². The van der Waals surface area contributed by atoms with E-state index in [4.69, 9.17) is 0 Å². The van der Waals surface area contributed by atoms with Gasteiger partial charge in [-0.1, -0.05) is 12.1 Å². The van der Waals surface area contributed by atoms with Crippen LogP contribution in [0, 0.1) is 0 Å². The third-order valence-electron chi connectivity index (χ3n) is 4.31. The zero-order chi connectivity index (χ0) is 21.1. The highest BCUT2D eigenvalue weighted by Crippen LogP contribution is 2.25. The maximum atomic E-state index is 12.7. The zero-order valence-corrected chi connectivity index (χ0v) is 17.5. The molecule has 0 aliphatic carbocycles. The SMILES string of the molecule is COC(=O)c1ccccc1NC(=O)CN(C)C(=O)[C@@H]1C[C@@H](S)CN1S(C)(=O)=O. The minimum absolute atomic E-state index is 0.144. The number of hydrogen-bond donors (Lipinski definition) is 2. The van der Waals surface area contributed by atoms with Gasteiger partial charge < -0.3 is 15.0 Å². The molecule has 28 heavy (non-hydrogen) atoms. The molecule has 1 N–H and O–H groups in total. The standard InChI is InChI=1S/C17H23N3O6S2/c1-19(16(22)14-8-11(27)9-20(14)28(3,24)25)10-15(21)18-13-7-5-4-6-12(13)17(23)26-2/h4-7,11,14,27H,8-10H2,1-3H3,(H,18,21)/t11-,14+/m1/s1. The molecule has 0 bridgehead atoms. The molecule has 2 amide bonds. The van der Waals surface area contributed by atoms with E-state index in [9.17, 15) is 22.8 Å². The Morgan fingerprint density at radius 2 is 1.96 bits per heavy atom. The highest BCUT2D eigenvalue weighted by molar-refractivity contribution is 7.88. The second-order valence-corrected chi connectivity index (χ2v) is 9.18. The molecule has 0 aromatic heterocycles. The van der Waals surface area contributed by atoms with Crippen molar-refractivity contribution in [2.45, 2.75) is 17.7 Å². The van der Waals surface area contributed by atoms with E-state index in [0.29, 0.717) is 0 Å². The van der Waals surface area contributed by atoms with Gasteiger partial charge in [0, 0.05) is 18.8 Å². The normalized spacial score (nSPS) is 19.9. The van der Waals surface area contributed by atoms with Crippen LogP contribution in [0.25, 0.3) is 0 Å². The van der Waals surface area contributed by atoms with Crippen LogP contribution in [0.15, 0.2) is 24.3 Å². The molecule has 1 aromatic rings. The predicted octanol–water partition coefficient (Wildman–Crippen LogP) is 0.202. The van der Waals surface area contributed by atoms with Crippen molar-refractivity contribution in [3.63, 3.8) is 0 Å². The molecule has 1 aliphatic rings. The number of esters is 1. The highest BCUT2D eigenvalue weighted by atomic mass is 32.2. The molecule has 0 radical (unpaired) electrons. The van der Waals surface area contributed by atoms with Gasteiger partial charge in [0.2, 0.25) is 21.8 Å². The number of ether oxygens (including phenoxy) is 1. The van der Waals surface area contributed by atoms with Crippen LogP contribution in [0.1, 0.15) is 16.8 Å². The van der Waals surface area contributed by atoms with Crippen molar-refractivity contribution in [1.82, 2.24) is 9.21 Å². The lowest BCUT2D eigenvalue weighted by molar-refractivity contribution is -0.136. The number of thiol groups is 1. The Morgan fingerprint density at radius 3 is 2.57 bits per heavy atom. The van der Waals surface area contributed by atoms with Crippen molar-refractivity contribution in [3.05, 3.63) is 29.8 Å². The van der Waals surface area contributed by atoms with E-state index in [1.54, 1.807) is 18.2 Å². The third kappa shape index (κ3) is 5.24. The van der Waals surface area contributed by atoms with Crippen LogP contribution in [0.3, 0.4) is 0 Å². The van der Waals surface area contributed by atoms with Crippen molar-refractivity contribution in [2.24, 2.45) is 0 Å². The number of rotatable bonds is 6. The number of para-hydroxylation sites is 1. The molecule has 1 saturated heterocycles. The van der Waals surface area contributed by atoms with Crippen molar-refractivity contribution in [1.29, 1.82) is 0 Å².